The number of nitrogens with zero attached hydrogens (tertiary/aromatic N) is 3. The van der Waals surface area contributed by atoms with Crippen LogP contribution in [0, 0.1) is 0 Å². The number of benzene rings is 2. The highest BCUT2D eigenvalue weighted by atomic mass is 16.3. The van der Waals surface area contributed by atoms with Crippen LogP contribution in [0.1, 0.15) is 49.6 Å². The second-order valence-electron chi connectivity index (χ2n) is 9.20. The van der Waals surface area contributed by atoms with E-state index in [0.29, 0.717) is 26.1 Å². The molecular formula is C27H32N6O2. The Morgan fingerprint density at radius 3 is 2.89 bits per heavy atom. The molecule has 1 amide bonds. The number of phenols is 1. The number of aromatic nitrogens is 4. The number of amides is 1. The average Bonchev–Trinajstić information content (AvgIpc) is 3.49. The number of aryl methyl sites for hydroxylation is 1. The fourth-order valence-electron chi connectivity index (χ4n) is 4.90. The van der Waals surface area contributed by atoms with Crippen molar-refractivity contribution in [3.05, 3.63) is 53.3 Å². The van der Waals surface area contributed by atoms with Crippen LogP contribution in [0.4, 0.5) is 0 Å². The van der Waals surface area contributed by atoms with Gasteiger partial charge in [0.05, 0.1) is 23.4 Å². The molecule has 0 fully saturated rings. The first-order valence-corrected chi connectivity index (χ1v) is 12.4. The highest BCUT2D eigenvalue weighted by molar-refractivity contribution is 5.94. The van der Waals surface area contributed by atoms with E-state index < -0.39 is 0 Å². The zero-order chi connectivity index (χ0) is 24.4. The molecule has 8 nitrogen and oxygen atoms in total. The molecule has 1 aliphatic rings. The van der Waals surface area contributed by atoms with Gasteiger partial charge in [0, 0.05) is 24.8 Å². The van der Waals surface area contributed by atoms with Crippen molar-refractivity contribution in [1.82, 2.24) is 25.1 Å². The third-order valence-electron chi connectivity index (χ3n) is 6.85. The summed E-state index contributed by atoms with van der Waals surface area (Å²) in [6.07, 6.45) is 5.00. The zero-order valence-corrected chi connectivity index (χ0v) is 20.1. The lowest BCUT2D eigenvalue weighted by atomic mass is 9.97. The van der Waals surface area contributed by atoms with Gasteiger partial charge in [-0.1, -0.05) is 25.5 Å². The largest absolute Gasteiger partial charge is 0.508 e. The predicted octanol–water partition coefficient (Wildman–Crippen LogP) is 4.29. The van der Waals surface area contributed by atoms with Crippen molar-refractivity contribution < 1.29 is 9.90 Å². The van der Waals surface area contributed by atoms with E-state index in [4.69, 9.17) is 10.7 Å². The highest BCUT2D eigenvalue weighted by Gasteiger charge is 2.25. The molecule has 35 heavy (non-hydrogen) atoms. The van der Waals surface area contributed by atoms with Crippen molar-refractivity contribution in [2.75, 3.05) is 13.1 Å². The lowest BCUT2D eigenvalue weighted by molar-refractivity contribution is -0.132. The monoisotopic (exact) mass is 472 g/mol. The van der Waals surface area contributed by atoms with Crippen molar-refractivity contribution in [1.29, 1.82) is 0 Å². The maximum atomic E-state index is 12.6. The highest BCUT2D eigenvalue weighted by Crippen LogP contribution is 2.33. The molecule has 0 aliphatic carbocycles. The van der Waals surface area contributed by atoms with Gasteiger partial charge in [-0.05, 0) is 66.8 Å². The van der Waals surface area contributed by atoms with Crippen LogP contribution >= 0.6 is 0 Å². The minimum atomic E-state index is 0.197. The van der Waals surface area contributed by atoms with Gasteiger partial charge in [-0.25, -0.2) is 4.98 Å². The summed E-state index contributed by atoms with van der Waals surface area (Å²) in [5.41, 5.74) is 12.5. The van der Waals surface area contributed by atoms with Crippen LogP contribution in [0.2, 0.25) is 0 Å². The summed E-state index contributed by atoms with van der Waals surface area (Å²) >= 11 is 0. The Labute approximate surface area is 204 Å². The maximum Gasteiger partial charge on any atom is 0.222 e. The van der Waals surface area contributed by atoms with Crippen molar-refractivity contribution in [2.45, 2.75) is 52.0 Å². The summed E-state index contributed by atoms with van der Waals surface area (Å²) in [5.74, 6) is 1.21. The van der Waals surface area contributed by atoms with Crippen LogP contribution in [0.15, 0.2) is 36.4 Å². The number of unbranched alkanes of at least 4 members (excludes halogenated alkanes) is 2. The van der Waals surface area contributed by atoms with Crippen LogP contribution in [0.25, 0.3) is 33.5 Å². The van der Waals surface area contributed by atoms with E-state index in [2.05, 4.69) is 40.3 Å². The minimum absolute atomic E-state index is 0.197. The number of nitrogens with one attached hydrogen (secondary N) is 2. The molecule has 0 unspecified atom stereocenters. The van der Waals surface area contributed by atoms with Gasteiger partial charge < -0.3 is 20.7 Å². The van der Waals surface area contributed by atoms with Gasteiger partial charge in [0.25, 0.3) is 0 Å². The Hall–Kier alpha value is -3.65. The fourth-order valence-corrected chi connectivity index (χ4v) is 4.90. The molecule has 8 heteroatoms. The van der Waals surface area contributed by atoms with Gasteiger partial charge in [0.15, 0.2) is 5.82 Å². The molecule has 0 radical (unpaired) electrons. The summed E-state index contributed by atoms with van der Waals surface area (Å²) in [6, 6.07) is 11.7. The lowest BCUT2D eigenvalue weighted by Gasteiger charge is -2.26. The van der Waals surface area contributed by atoms with Crippen molar-refractivity contribution in [2.24, 2.45) is 5.73 Å². The molecule has 0 bridgehead atoms. The number of aromatic amines is 2. The summed E-state index contributed by atoms with van der Waals surface area (Å²) < 4.78 is 0. The Bertz CT molecular complexity index is 1360. The van der Waals surface area contributed by atoms with Crippen LogP contribution in [-0.2, 0) is 24.2 Å². The van der Waals surface area contributed by atoms with Crippen molar-refractivity contribution in [3.8, 4) is 28.4 Å². The molecule has 182 valence electrons. The Morgan fingerprint density at radius 1 is 1.17 bits per heavy atom. The van der Waals surface area contributed by atoms with Crippen molar-refractivity contribution in [3.63, 3.8) is 0 Å². The SMILES string of the molecule is CCc1cc(O)ccc1-c1ccc2c(-c3nc4c([nH]3)CN(C(=O)CCCCCN)CC4)n[nH]c2c1. The minimum Gasteiger partial charge on any atom is -0.508 e. The molecule has 0 saturated carbocycles. The third-order valence-corrected chi connectivity index (χ3v) is 6.85. The number of imidazole rings is 1. The first-order chi connectivity index (χ1) is 17.1. The summed E-state index contributed by atoms with van der Waals surface area (Å²) in [5, 5.41) is 18.5. The molecule has 2 aromatic heterocycles. The van der Waals surface area contributed by atoms with Gasteiger partial charge in [-0.3, -0.25) is 9.89 Å². The predicted molar refractivity (Wildman–Crippen MR) is 137 cm³/mol. The molecule has 3 heterocycles. The number of rotatable bonds is 8. The van der Waals surface area contributed by atoms with E-state index in [9.17, 15) is 9.90 Å². The average molecular weight is 473 g/mol. The normalized spacial score (nSPS) is 13.4. The lowest BCUT2D eigenvalue weighted by Crippen LogP contribution is -2.35. The van der Waals surface area contributed by atoms with E-state index in [1.54, 1.807) is 6.07 Å². The standard InChI is InChI=1S/C27H32N6O2/c1-2-17-14-19(34)8-10-20(17)18-7-9-21-23(15-18)31-32-26(21)27-29-22-11-13-33(16-24(22)30-27)25(35)6-4-3-5-12-28/h7-10,14-15,34H,2-6,11-13,16,28H2,1H3,(H,29,30)(H,31,32). The van der Waals surface area contributed by atoms with Crippen LogP contribution < -0.4 is 5.73 Å². The molecule has 0 saturated heterocycles. The fraction of sp³-hybridized carbons (Fsp3) is 0.370. The molecule has 5 rings (SSSR count). The molecule has 4 aromatic rings. The first kappa shape index (κ1) is 23.1. The van der Waals surface area contributed by atoms with Crippen LogP contribution in [0.3, 0.4) is 0 Å². The van der Waals surface area contributed by atoms with E-state index in [1.165, 1.54) is 0 Å². The molecule has 0 atom stereocenters. The van der Waals surface area contributed by atoms with Crippen LogP contribution in [0.5, 0.6) is 5.75 Å². The molecular weight excluding hydrogens is 440 g/mol. The second kappa shape index (κ2) is 9.92. The number of hydrogen-bond acceptors (Lipinski definition) is 5. The van der Waals surface area contributed by atoms with E-state index in [-0.39, 0.29) is 11.7 Å². The molecule has 1 aliphatic heterocycles. The van der Waals surface area contributed by atoms with Gasteiger partial charge in [-0.2, -0.15) is 5.10 Å². The quantitative estimate of drug-likeness (QED) is 0.285. The van der Waals surface area contributed by atoms with E-state index in [1.807, 2.05) is 17.0 Å². The van der Waals surface area contributed by atoms with Gasteiger partial charge in [-0.15, -0.1) is 0 Å². The number of H-pyrrole nitrogens is 2. The Kier molecular flexibility index (Phi) is 6.55. The summed E-state index contributed by atoms with van der Waals surface area (Å²) in [4.78, 5) is 22.8. The zero-order valence-electron chi connectivity index (χ0n) is 20.1. The number of phenolic OH excluding ortho intramolecular Hbond substituents is 1. The van der Waals surface area contributed by atoms with E-state index >= 15 is 0 Å². The smallest absolute Gasteiger partial charge is 0.222 e. The number of carbonyl (C=O) groups is 1. The number of hydrogen-bond donors (Lipinski definition) is 4. The Balaban J connectivity index is 1.36. The second-order valence-corrected chi connectivity index (χ2v) is 9.20. The van der Waals surface area contributed by atoms with Gasteiger partial charge in [0.2, 0.25) is 5.91 Å². The number of nitrogens with two attached hydrogens (primary N) is 1. The summed E-state index contributed by atoms with van der Waals surface area (Å²) in [7, 11) is 0. The molecule has 5 N–H and O–H groups in total. The molecule has 2 aromatic carbocycles. The topological polar surface area (TPSA) is 124 Å². The number of fused-ring (bicyclic) bond motifs is 2. The van der Waals surface area contributed by atoms with E-state index in [0.717, 1.165) is 82.6 Å². The Morgan fingerprint density at radius 2 is 2.06 bits per heavy atom. The van der Waals surface area contributed by atoms with Crippen molar-refractivity contribution >= 4 is 16.8 Å². The first-order valence-electron chi connectivity index (χ1n) is 12.4. The third kappa shape index (κ3) is 4.66. The summed E-state index contributed by atoms with van der Waals surface area (Å²) in [6.45, 7) is 4.02. The van der Waals surface area contributed by atoms with Crippen LogP contribution in [-0.4, -0.2) is 49.2 Å². The maximum absolute atomic E-state index is 12.6. The van der Waals surface area contributed by atoms with Gasteiger partial charge in [0.1, 0.15) is 11.4 Å². The number of aromatic hydroxyl groups is 1. The number of carbonyl (C=O) groups excluding carboxylic acids is 1. The van der Waals surface area contributed by atoms with Gasteiger partial charge >= 0.3 is 0 Å². The molecule has 0 spiro atoms.